The van der Waals surface area contributed by atoms with Crippen molar-refractivity contribution in [1.29, 1.82) is 0 Å². The number of allylic oxidation sites excluding steroid dienone is 2. The molecule has 19 heavy (non-hydrogen) atoms. The normalized spacial score (nSPS) is 24.3. The van der Waals surface area contributed by atoms with Crippen molar-refractivity contribution >= 4 is 0 Å². The van der Waals surface area contributed by atoms with Gasteiger partial charge in [-0.25, -0.2) is 0 Å². The van der Waals surface area contributed by atoms with Crippen molar-refractivity contribution in [2.75, 3.05) is 7.11 Å². The molecule has 0 aliphatic heterocycles. The van der Waals surface area contributed by atoms with Gasteiger partial charge in [0.2, 0.25) is 0 Å². The largest absolute Gasteiger partial charge is 0.504 e. The second kappa shape index (κ2) is 6.14. The molecule has 0 aromatic heterocycles. The van der Waals surface area contributed by atoms with Crippen molar-refractivity contribution < 1.29 is 9.84 Å². The van der Waals surface area contributed by atoms with Crippen LogP contribution in [0.3, 0.4) is 0 Å². The molecule has 2 rings (SSSR count). The van der Waals surface area contributed by atoms with Crippen LogP contribution in [-0.4, -0.2) is 12.2 Å². The summed E-state index contributed by atoms with van der Waals surface area (Å²) in [6.07, 6.45) is 7.23. The molecule has 104 valence electrons. The summed E-state index contributed by atoms with van der Waals surface area (Å²) < 4.78 is 5.19. The summed E-state index contributed by atoms with van der Waals surface area (Å²) in [4.78, 5) is 0. The SMILES string of the molecule is C/C=C(\C)C1CCC(c2ccc(O)c(OC)c2)CC1. The predicted molar refractivity (Wildman–Crippen MR) is 78.8 cm³/mol. The number of benzene rings is 1. The lowest BCUT2D eigenvalue weighted by molar-refractivity contribution is 0.355. The maximum atomic E-state index is 9.65. The van der Waals surface area contributed by atoms with Gasteiger partial charge in [-0.3, -0.25) is 0 Å². The molecule has 1 aliphatic rings. The first kappa shape index (κ1) is 14.0. The Morgan fingerprint density at radius 3 is 2.53 bits per heavy atom. The molecular weight excluding hydrogens is 236 g/mol. The first-order valence-electron chi connectivity index (χ1n) is 7.15. The summed E-state index contributed by atoms with van der Waals surface area (Å²) in [5, 5.41) is 9.65. The van der Waals surface area contributed by atoms with Gasteiger partial charge in [0.25, 0.3) is 0 Å². The molecule has 1 aliphatic carbocycles. The third kappa shape index (κ3) is 3.12. The summed E-state index contributed by atoms with van der Waals surface area (Å²) in [5.41, 5.74) is 2.83. The van der Waals surface area contributed by atoms with Gasteiger partial charge in [0.1, 0.15) is 0 Å². The van der Waals surface area contributed by atoms with Gasteiger partial charge in [0.15, 0.2) is 11.5 Å². The van der Waals surface area contributed by atoms with Gasteiger partial charge >= 0.3 is 0 Å². The predicted octanol–water partition coefficient (Wildman–Crippen LogP) is 4.64. The fourth-order valence-electron chi connectivity index (χ4n) is 3.07. The molecule has 2 heteroatoms. The minimum Gasteiger partial charge on any atom is -0.504 e. The standard InChI is InChI=1S/C17H24O2/c1-4-12(2)13-5-7-14(8-6-13)15-9-10-16(18)17(11-15)19-3/h4,9-11,13-14,18H,5-8H2,1-3H3/b12-4+. The molecule has 0 unspecified atom stereocenters. The number of ether oxygens (including phenoxy) is 1. The summed E-state index contributed by atoms with van der Waals surface area (Å²) in [6.45, 7) is 4.38. The summed E-state index contributed by atoms with van der Waals surface area (Å²) in [7, 11) is 1.60. The molecule has 0 radical (unpaired) electrons. The highest BCUT2D eigenvalue weighted by atomic mass is 16.5. The maximum absolute atomic E-state index is 9.65. The van der Waals surface area contributed by atoms with Crippen molar-refractivity contribution in [2.45, 2.75) is 45.4 Å². The van der Waals surface area contributed by atoms with E-state index in [9.17, 15) is 5.11 Å². The molecule has 1 aromatic carbocycles. The summed E-state index contributed by atoms with van der Waals surface area (Å²) in [5.74, 6) is 2.18. The van der Waals surface area contributed by atoms with Crippen LogP contribution in [0.25, 0.3) is 0 Å². The zero-order valence-electron chi connectivity index (χ0n) is 12.1. The molecule has 0 bridgehead atoms. The van der Waals surface area contributed by atoms with E-state index in [1.54, 1.807) is 13.2 Å². The average Bonchev–Trinajstić information content (AvgIpc) is 2.47. The summed E-state index contributed by atoms with van der Waals surface area (Å²) in [6, 6.07) is 5.77. The van der Waals surface area contributed by atoms with E-state index in [4.69, 9.17) is 4.74 Å². The molecule has 0 saturated heterocycles. The second-order valence-electron chi connectivity index (χ2n) is 5.51. The first-order chi connectivity index (χ1) is 9.15. The van der Waals surface area contributed by atoms with Crippen molar-refractivity contribution in [1.82, 2.24) is 0 Å². The van der Waals surface area contributed by atoms with Gasteiger partial charge < -0.3 is 9.84 Å². The Balaban J connectivity index is 2.05. The van der Waals surface area contributed by atoms with Crippen LogP contribution in [0.4, 0.5) is 0 Å². The number of hydrogen-bond donors (Lipinski definition) is 1. The Morgan fingerprint density at radius 2 is 1.95 bits per heavy atom. The Hall–Kier alpha value is -1.44. The van der Waals surface area contributed by atoms with Crippen LogP contribution in [-0.2, 0) is 0 Å². The fourth-order valence-corrected chi connectivity index (χ4v) is 3.07. The third-order valence-electron chi connectivity index (χ3n) is 4.50. The van der Waals surface area contributed by atoms with E-state index in [1.807, 2.05) is 12.1 Å². The van der Waals surface area contributed by atoms with Crippen LogP contribution in [0.5, 0.6) is 11.5 Å². The number of hydrogen-bond acceptors (Lipinski definition) is 2. The number of rotatable bonds is 3. The van der Waals surface area contributed by atoms with E-state index in [2.05, 4.69) is 19.9 Å². The molecule has 1 fully saturated rings. The lowest BCUT2D eigenvalue weighted by atomic mass is 9.76. The van der Waals surface area contributed by atoms with Crippen molar-refractivity contribution in [2.24, 2.45) is 5.92 Å². The van der Waals surface area contributed by atoms with Gasteiger partial charge in [0.05, 0.1) is 7.11 Å². The zero-order valence-corrected chi connectivity index (χ0v) is 12.1. The quantitative estimate of drug-likeness (QED) is 0.802. The van der Waals surface area contributed by atoms with Gasteiger partial charge in [-0.1, -0.05) is 17.7 Å². The van der Waals surface area contributed by atoms with E-state index in [-0.39, 0.29) is 5.75 Å². The molecular formula is C17H24O2. The molecule has 1 N–H and O–H groups in total. The van der Waals surface area contributed by atoms with Gasteiger partial charge in [0, 0.05) is 0 Å². The Kier molecular flexibility index (Phi) is 4.52. The highest BCUT2D eigenvalue weighted by Gasteiger charge is 2.23. The van der Waals surface area contributed by atoms with Crippen molar-refractivity contribution in [3.05, 3.63) is 35.4 Å². The van der Waals surface area contributed by atoms with Crippen LogP contribution >= 0.6 is 0 Å². The molecule has 0 spiro atoms. The average molecular weight is 260 g/mol. The Labute approximate surface area is 116 Å². The second-order valence-corrected chi connectivity index (χ2v) is 5.51. The zero-order chi connectivity index (χ0) is 13.8. The highest BCUT2D eigenvalue weighted by Crippen LogP contribution is 2.40. The maximum Gasteiger partial charge on any atom is 0.160 e. The molecule has 0 amide bonds. The Morgan fingerprint density at radius 1 is 1.26 bits per heavy atom. The smallest absolute Gasteiger partial charge is 0.160 e. The first-order valence-corrected chi connectivity index (χ1v) is 7.15. The lowest BCUT2D eigenvalue weighted by Crippen LogP contribution is -2.14. The minimum atomic E-state index is 0.227. The molecule has 0 atom stereocenters. The highest BCUT2D eigenvalue weighted by molar-refractivity contribution is 5.43. The van der Waals surface area contributed by atoms with Crippen molar-refractivity contribution in [3.63, 3.8) is 0 Å². The van der Waals surface area contributed by atoms with Crippen LogP contribution in [0.1, 0.15) is 51.0 Å². The van der Waals surface area contributed by atoms with E-state index in [1.165, 1.54) is 36.8 Å². The third-order valence-corrected chi connectivity index (χ3v) is 4.50. The molecule has 1 saturated carbocycles. The topological polar surface area (TPSA) is 29.5 Å². The van der Waals surface area contributed by atoms with Crippen LogP contribution in [0.2, 0.25) is 0 Å². The number of aromatic hydroxyl groups is 1. The fraction of sp³-hybridized carbons (Fsp3) is 0.529. The van der Waals surface area contributed by atoms with Crippen molar-refractivity contribution in [3.8, 4) is 11.5 Å². The molecule has 2 nitrogen and oxygen atoms in total. The minimum absolute atomic E-state index is 0.227. The number of phenols is 1. The number of methoxy groups -OCH3 is 1. The lowest BCUT2D eigenvalue weighted by Gasteiger charge is -2.29. The van der Waals surface area contributed by atoms with E-state index >= 15 is 0 Å². The Bertz CT molecular complexity index is 454. The molecule has 0 heterocycles. The van der Waals surface area contributed by atoms with Crippen LogP contribution < -0.4 is 4.74 Å². The van der Waals surface area contributed by atoms with Gasteiger partial charge in [-0.15, -0.1) is 0 Å². The van der Waals surface area contributed by atoms with E-state index in [0.29, 0.717) is 11.7 Å². The molecule has 1 aromatic rings. The monoisotopic (exact) mass is 260 g/mol. The number of phenolic OH excluding ortho intramolecular Hbond substituents is 1. The van der Waals surface area contributed by atoms with Gasteiger partial charge in [-0.2, -0.15) is 0 Å². The van der Waals surface area contributed by atoms with Crippen LogP contribution in [0, 0.1) is 5.92 Å². The van der Waals surface area contributed by atoms with Crippen LogP contribution in [0.15, 0.2) is 29.8 Å². The summed E-state index contributed by atoms with van der Waals surface area (Å²) >= 11 is 0. The van der Waals surface area contributed by atoms with Gasteiger partial charge in [-0.05, 0) is 69.1 Å². The van der Waals surface area contributed by atoms with E-state index in [0.717, 1.165) is 5.92 Å². The van der Waals surface area contributed by atoms with E-state index < -0.39 is 0 Å².